The molecule has 3 nitrogen and oxygen atoms in total. The molecule has 0 bridgehead atoms. The summed E-state index contributed by atoms with van der Waals surface area (Å²) in [5.74, 6) is 0. The van der Waals surface area contributed by atoms with E-state index in [0.29, 0.717) is 6.54 Å². The van der Waals surface area contributed by atoms with E-state index in [2.05, 4.69) is 38.2 Å². The normalized spacial score (nSPS) is 12.1. The van der Waals surface area contributed by atoms with Gasteiger partial charge in [-0.05, 0) is 16.5 Å². The predicted molar refractivity (Wildman–Crippen MR) is 69.9 cm³/mol. The second-order valence-electron chi connectivity index (χ2n) is 5.39. The maximum atomic E-state index is 8.97. The Morgan fingerprint density at radius 2 is 1.82 bits per heavy atom. The molecule has 3 N–H and O–H groups in total. The zero-order chi connectivity index (χ0) is 12.9. The minimum absolute atomic E-state index is 0.0462. The van der Waals surface area contributed by atoms with Gasteiger partial charge in [-0.2, -0.15) is 0 Å². The van der Waals surface area contributed by atoms with Crippen LogP contribution in [0, 0.1) is 0 Å². The van der Waals surface area contributed by atoms with Crippen molar-refractivity contribution >= 4 is 0 Å². The van der Waals surface area contributed by atoms with Gasteiger partial charge in [-0.25, -0.2) is 0 Å². The average Bonchev–Trinajstić information content (AvgIpc) is 2.30. The second-order valence-corrected chi connectivity index (χ2v) is 5.39. The van der Waals surface area contributed by atoms with E-state index in [1.165, 1.54) is 11.1 Å². The van der Waals surface area contributed by atoms with Crippen LogP contribution in [0.15, 0.2) is 24.3 Å². The SMILES string of the molecule is CC(C)(C)c1cccc(CNC(CO)CO)c1. The third-order valence-electron chi connectivity index (χ3n) is 2.83. The van der Waals surface area contributed by atoms with Gasteiger partial charge in [0, 0.05) is 6.54 Å². The molecule has 0 radical (unpaired) electrons. The Labute approximate surface area is 103 Å². The zero-order valence-electron chi connectivity index (χ0n) is 10.9. The van der Waals surface area contributed by atoms with Gasteiger partial charge in [0.25, 0.3) is 0 Å². The van der Waals surface area contributed by atoms with Gasteiger partial charge in [-0.3, -0.25) is 0 Å². The molecule has 0 heterocycles. The summed E-state index contributed by atoms with van der Waals surface area (Å²) in [6.07, 6.45) is 0. The third-order valence-corrected chi connectivity index (χ3v) is 2.83. The van der Waals surface area contributed by atoms with Crippen molar-refractivity contribution in [2.45, 2.75) is 38.8 Å². The minimum Gasteiger partial charge on any atom is -0.395 e. The summed E-state index contributed by atoms with van der Waals surface area (Å²) in [7, 11) is 0. The van der Waals surface area contributed by atoms with Crippen LogP contribution in [0.3, 0.4) is 0 Å². The van der Waals surface area contributed by atoms with E-state index in [1.54, 1.807) is 0 Å². The molecule has 0 fully saturated rings. The van der Waals surface area contributed by atoms with Crippen LogP contribution in [0.1, 0.15) is 31.9 Å². The summed E-state index contributed by atoms with van der Waals surface area (Å²) in [4.78, 5) is 0. The molecule has 0 amide bonds. The van der Waals surface area contributed by atoms with Crippen LogP contribution in [0.25, 0.3) is 0 Å². The molecule has 1 aromatic carbocycles. The van der Waals surface area contributed by atoms with Gasteiger partial charge in [-0.15, -0.1) is 0 Å². The summed E-state index contributed by atoms with van der Waals surface area (Å²) in [5, 5.41) is 21.0. The fourth-order valence-electron chi connectivity index (χ4n) is 1.60. The highest BCUT2D eigenvalue weighted by atomic mass is 16.3. The molecule has 0 aromatic heterocycles. The molecular formula is C14H23NO2. The first-order valence-corrected chi connectivity index (χ1v) is 6.02. The van der Waals surface area contributed by atoms with Gasteiger partial charge < -0.3 is 15.5 Å². The van der Waals surface area contributed by atoms with E-state index < -0.39 is 0 Å². The highest BCUT2D eigenvalue weighted by molar-refractivity contribution is 5.28. The van der Waals surface area contributed by atoms with Crippen LogP contribution in [0.5, 0.6) is 0 Å². The summed E-state index contributed by atoms with van der Waals surface area (Å²) in [5.41, 5.74) is 2.61. The van der Waals surface area contributed by atoms with E-state index in [1.807, 2.05) is 12.1 Å². The largest absolute Gasteiger partial charge is 0.395 e. The Kier molecular flexibility index (Phi) is 5.12. The highest BCUT2D eigenvalue weighted by Crippen LogP contribution is 2.22. The van der Waals surface area contributed by atoms with E-state index in [4.69, 9.17) is 10.2 Å². The quantitative estimate of drug-likeness (QED) is 0.726. The maximum Gasteiger partial charge on any atom is 0.0607 e. The van der Waals surface area contributed by atoms with Crippen molar-refractivity contribution in [3.05, 3.63) is 35.4 Å². The molecule has 0 atom stereocenters. The van der Waals surface area contributed by atoms with Crippen molar-refractivity contribution in [1.29, 1.82) is 0 Å². The number of rotatable bonds is 5. The Balaban J connectivity index is 2.66. The zero-order valence-corrected chi connectivity index (χ0v) is 10.9. The summed E-state index contributed by atoms with van der Waals surface area (Å²) < 4.78 is 0. The van der Waals surface area contributed by atoms with Crippen LogP contribution < -0.4 is 5.32 Å². The maximum absolute atomic E-state index is 8.97. The predicted octanol–water partition coefficient (Wildman–Crippen LogP) is 1.43. The van der Waals surface area contributed by atoms with E-state index in [9.17, 15) is 0 Å². The molecule has 0 unspecified atom stereocenters. The number of hydrogen-bond acceptors (Lipinski definition) is 3. The molecule has 0 aliphatic rings. The first kappa shape index (κ1) is 14.2. The number of benzene rings is 1. The molecule has 17 heavy (non-hydrogen) atoms. The fourth-order valence-corrected chi connectivity index (χ4v) is 1.60. The van der Waals surface area contributed by atoms with Gasteiger partial charge in [0.05, 0.1) is 19.3 Å². The van der Waals surface area contributed by atoms with Gasteiger partial charge in [0.15, 0.2) is 0 Å². The molecular weight excluding hydrogens is 214 g/mol. The van der Waals surface area contributed by atoms with Crippen molar-refractivity contribution in [2.75, 3.05) is 13.2 Å². The van der Waals surface area contributed by atoms with Crippen LogP contribution in [0.2, 0.25) is 0 Å². The molecule has 0 saturated carbocycles. The van der Waals surface area contributed by atoms with Crippen LogP contribution in [0.4, 0.5) is 0 Å². The van der Waals surface area contributed by atoms with E-state index in [0.717, 1.165) is 0 Å². The molecule has 0 aliphatic carbocycles. The number of aliphatic hydroxyl groups excluding tert-OH is 2. The van der Waals surface area contributed by atoms with Gasteiger partial charge in [-0.1, -0.05) is 45.0 Å². The average molecular weight is 237 g/mol. The lowest BCUT2D eigenvalue weighted by Crippen LogP contribution is -2.35. The second kappa shape index (κ2) is 6.15. The third kappa shape index (κ3) is 4.46. The van der Waals surface area contributed by atoms with Crippen LogP contribution in [-0.2, 0) is 12.0 Å². The highest BCUT2D eigenvalue weighted by Gasteiger charge is 2.13. The number of hydrogen-bond donors (Lipinski definition) is 3. The Morgan fingerprint density at radius 3 is 2.35 bits per heavy atom. The van der Waals surface area contributed by atoms with E-state index >= 15 is 0 Å². The molecule has 0 saturated heterocycles. The van der Waals surface area contributed by atoms with Gasteiger partial charge >= 0.3 is 0 Å². The molecule has 96 valence electrons. The van der Waals surface area contributed by atoms with Crippen molar-refractivity contribution in [3.8, 4) is 0 Å². The Bertz CT molecular complexity index is 340. The summed E-state index contributed by atoms with van der Waals surface area (Å²) in [6.45, 7) is 7.12. The lowest BCUT2D eigenvalue weighted by molar-refractivity contribution is 0.170. The number of nitrogens with one attached hydrogen (secondary N) is 1. The summed E-state index contributed by atoms with van der Waals surface area (Å²) >= 11 is 0. The molecule has 1 aromatic rings. The van der Waals surface area contributed by atoms with Crippen molar-refractivity contribution in [2.24, 2.45) is 0 Å². The molecule has 0 aliphatic heterocycles. The number of aliphatic hydroxyl groups is 2. The minimum atomic E-state index is -0.242. The Hall–Kier alpha value is -0.900. The van der Waals surface area contributed by atoms with Crippen molar-refractivity contribution in [1.82, 2.24) is 5.32 Å². The van der Waals surface area contributed by atoms with Gasteiger partial charge in [0.1, 0.15) is 0 Å². The fraction of sp³-hybridized carbons (Fsp3) is 0.571. The van der Waals surface area contributed by atoms with Crippen molar-refractivity contribution in [3.63, 3.8) is 0 Å². The first-order valence-electron chi connectivity index (χ1n) is 6.02. The molecule has 1 rings (SSSR count). The standard InChI is InChI=1S/C14H23NO2/c1-14(2,3)12-6-4-5-11(7-12)8-15-13(9-16)10-17/h4-7,13,15-17H,8-10H2,1-3H3. The van der Waals surface area contributed by atoms with Crippen LogP contribution >= 0.6 is 0 Å². The Morgan fingerprint density at radius 1 is 1.18 bits per heavy atom. The van der Waals surface area contributed by atoms with Crippen LogP contribution in [-0.4, -0.2) is 29.5 Å². The molecule has 3 heteroatoms. The lowest BCUT2D eigenvalue weighted by Gasteiger charge is -2.20. The first-order chi connectivity index (χ1) is 7.97. The topological polar surface area (TPSA) is 52.5 Å². The monoisotopic (exact) mass is 237 g/mol. The van der Waals surface area contributed by atoms with E-state index in [-0.39, 0.29) is 24.7 Å². The summed E-state index contributed by atoms with van der Waals surface area (Å²) in [6, 6.07) is 8.14. The smallest absolute Gasteiger partial charge is 0.0607 e. The molecule has 0 spiro atoms. The van der Waals surface area contributed by atoms with Gasteiger partial charge in [0.2, 0.25) is 0 Å². The van der Waals surface area contributed by atoms with Crippen molar-refractivity contribution < 1.29 is 10.2 Å². The lowest BCUT2D eigenvalue weighted by atomic mass is 9.86.